The van der Waals surface area contributed by atoms with Gasteiger partial charge in [-0.15, -0.1) is 11.8 Å². The first kappa shape index (κ1) is 16.7. The quantitative estimate of drug-likeness (QED) is 0.620. The van der Waals surface area contributed by atoms with Crippen LogP contribution in [0.4, 0.5) is 10.5 Å². The lowest BCUT2D eigenvalue weighted by Gasteiger charge is -2.19. The third kappa shape index (κ3) is 6.70. The van der Waals surface area contributed by atoms with E-state index in [1.54, 1.807) is 11.8 Å². The Morgan fingerprint density at radius 2 is 1.95 bits per heavy atom. The van der Waals surface area contributed by atoms with Crippen molar-refractivity contribution in [2.24, 2.45) is 0 Å². The molecule has 1 aromatic carbocycles. The van der Waals surface area contributed by atoms with E-state index in [1.807, 2.05) is 39.0 Å². The van der Waals surface area contributed by atoms with Crippen LogP contribution < -0.4 is 10.6 Å². The number of ether oxygens (including phenoxy) is 1. The Hall–Kier alpha value is -1.36. The molecule has 0 saturated heterocycles. The molecule has 5 heteroatoms. The normalized spacial score (nSPS) is 11.0. The maximum Gasteiger partial charge on any atom is 0.407 e. The molecule has 0 aliphatic heterocycles. The largest absolute Gasteiger partial charge is 0.444 e. The molecule has 0 radical (unpaired) electrons. The molecule has 0 atom stereocenters. The second-order valence-electron chi connectivity index (χ2n) is 5.28. The van der Waals surface area contributed by atoms with Gasteiger partial charge in [-0.1, -0.05) is 19.1 Å². The summed E-state index contributed by atoms with van der Waals surface area (Å²) in [4.78, 5) is 12.7. The van der Waals surface area contributed by atoms with Crippen LogP contribution in [0.3, 0.4) is 0 Å². The Kier molecular flexibility index (Phi) is 6.71. The molecule has 20 heavy (non-hydrogen) atoms. The fraction of sp³-hybridized carbons (Fsp3) is 0.533. The molecule has 0 fully saturated rings. The van der Waals surface area contributed by atoms with Crippen LogP contribution in [0.2, 0.25) is 0 Å². The van der Waals surface area contributed by atoms with E-state index in [9.17, 15) is 4.79 Å². The number of para-hydroxylation sites is 1. The van der Waals surface area contributed by atoms with E-state index in [2.05, 4.69) is 23.6 Å². The molecule has 2 N–H and O–H groups in total. The summed E-state index contributed by atoms with van der Waals surface area (Å²) in [5, 5.41) is 6.06. The topological polar surface area (TPSA) is 50.4 Å². The van der Waals surface area contributed by atoms with Gasteiger partial charge in [-0.3, -0.25) is 0 Å². The maximum atomic E-state index is 11.5. The van der Waals surface area contributed by atoms with E-state index < -0.39 is 5.60 Å². The lowest BCUT2D eigenvalue weighted by atomic mass is 10.2. The van der Waals surface area contributed by atoms with E-state index in [-0.39, 0.29) is 6.09 Å². The lowest BCUT2D eigenvalue weighted by Crippen LogP contribution is -2.35. The van der Waals surface area contributed by atoms with E-state index in [0.29, 0.717) is 13.1 Å². The molecule has 0 unspecified atom stereocenters. The molecule has 0 saturated carbocycles. The van der Waals surface area contributed by atoms with Gasteiger partial charge in [0, 0.05) is 23.7 Å². The monoisotopic (exact) mass is 296 g/mol. The van der Waals surface area contributed by atoms with E-state index in [0.717, 1.165) is 11.4 Å². The summed E-state index contributed by atoms with van der Waals surface area (Å²) in [6.07, 6.45) is -0.379. The standard InChI is InChI=1S/C15H24N2O2S/c1-5-20-13-9-7-6-8-12(13)16-10-11-17-14(18)19-15(2,3)4/h6-9,16H,5,10-11H2,1-4H3,(H,17,18). The van der Waals surface area contributed by atoms with Crippen molar-refractivity contribution < 1.29 is 9.53 Å². The zero-order valence-electron chi connectivity index (χ0n) is 12.7. The Morgan fingerprint density at radius 3 is 2.60 bits per heavy atom. The number of amides is 1. The number of rotatable bonds is 6. The predicted octanol–water partition coefficient (Wildman–Crippen LogP) is 3.74. The summed E-state index contributed by atoms with van der Waals surface area (Å²) in [5.41, 5.74) is 0.646. The number of hydrogen-bond donors (Lipinski definition) is 2. The Balaban J connectivity index is 2.33. The Labute approximate surface area is 125 Å². The maximum absolute atomic E-state index is 11.5. The van der Waals surface area contributed by atoms with Crippen molar-refractivity contribution >= 4 is 23.5 Å². The molecule has 1 rings (SSSR count). The van der Waals surface area contributed by atoms with Crippen LogP contribution in [0.1, 0.15) is 27.7 Å². The van der Waals surface area contributed by atoms with Gasteiger partial charge in [0.15, 0.2) is 0 Å². The van der Waals surface area contributed by atoms with Crippen molar-refractivity contribution in [2.75, 3.05) is 24.2 Å². The van der Waals surface area contributed by atoms with E-state index >= 15 is 0 Å². The molecule has 4 nitrogen and oxygen atoms in total. The van der Waals surface area contributed by atoms with Crippen LogP contribution in [-0.4, -0.2) is 30.5 Å². The van der Waals surface area contributed by atoms with Crippen LogP contribution in [0.15, 0.2) is 29.2 Å². The minimum absolute atomic E-state index is 0.379. The zero-order chi connectivity index (χ0) is 15.0. The van der Waals surface area contributed by atoms with Gasteiger partial charge < -0.3 is 15.4 Å². The first-order chi connectivity index (χ1) is 9.42. The number of carbonyl (C=O) groups is 1. The second-order valence-corrected chi connectivity index (χ2v) is 6.59. The number of thioether (sulfide) groups is 1. The number of carbonyl (C=O) groups excluding carboxylic acids is 1. The number of anilines is 1. The van der Waals surface area contributed by atoms with Gasteiger partial charge in [-0.2, -0.15) is 0 Å². The summed E-state index contributed by atoms with van der Waals surface area (Å²) in [5.74, 6) is 1.04. The molecule has 1 aromatic rings. The second kappa shape index (κ2) is 8.04. The molecule has 0 aliphatic rings. The van der Waals surface area contributed by atoms with Crippen LogP contribution in [0.5, 0.6) is 0 Å². The molecule has 0 heterocycles. The van der Waals surface area contributed by atoms with Crippen molar-refractivity contribution in [1.82, 2.24) is 5.32 Å². The van der Waals surface area contributed by atoms with Crippen molar-refractivity contribution in [2.45, 2.75) is 38.2 Å². The first-order valence-electron chi connectivity index (χ1n) is 6.85. The SMILES string of the molecule is CCSc1ccccc1NCCNC(=O)OC(C)(C)C. The zero-order valence-corrected chi connectivity index (χ0v) is 13.5. The lowest BCUT2D eigenvalue weighted by molar-refractivity contribution is 0.0530. The van der Waals surface area contributed by atoms with Crippen LogP contribution in [-0.2, 0) is 4.74 Å². The molecule has 112 valence electrons. The fourth-order valence-corrected chi connectivity index (χ4v) is 2.35. The summed E-state index contributed by atoms with van der Waals surface area (Å²) in [7, 11) is 0. The van der Waals surface area contributed by atoms with Gasteiger partial charge in [0.2, 0.25) is 0 Å². The molecule has 0 bridgehead atoms. The van der Waals surface area contributed by atoms with Crippen molar-refractivity contribution in [1.29, 1.82) is 0 Å². The van der Waals surface area contributed by atoms with E-state index in [4.69, 9.17) is 4.74 Å². The first-order valence-corrected chi connectivity index (χ1v) is 7.83. The summed E-state index contributed by atoms with van der Waals surface area (Å²) < 4.78 is 5.17. The highest BCUT2D eigenvalue weighted by molar-refractivity contribution is 7.99. The van der Waals surface area contributed by atoms with Gasteiger partial charge in [0.05, 0.1) is 0 Å². The van der Waals surface area contributed by atoms with Crippen molar-refractivity contribution in [3.63, 3.8) is 0 Å². The third-order valence-corrected chi connectivity index (χ3v) is 3.25. The average Bonchev–Trinajstić information content (AvgIpc) is 2.34. The summed E-state index contributed by atoms with van der Waals surface area (Å²) in [6, 6.07) is 8.18. The summed E-state index contributed by atoms with van der Waals surface area (Å²) in [6.45, 7) is 8.88. The van der Waals surface area contributed by atoms with Gasteiger partial charge in [-0.05, 0) is 38.7 Å². The molecule has 0 aliphatic carbocycles. The van der Waals surface area contributed by atoms with Gasteiger partial charge in [0.1, 0.15) is 5.60 Å². The third-order valence-electron chi connectivity index (χ3n) is 2.30. The molecular formula is C15H24N2O2S. The minimum atomic E-state index is -0.456. The Bertz CT molecular complexity index is 430. The van der Waals surface area contributed by atoms with E-state index in [1.165, 1.54) is 4.90 Å². The highest BCUT2D eigenvalue weighted by Gasteiger charge is 2.15. The number of benzene rings is 1. The van der Waals surface area contributed by atoms with Gasteiger partial charge in [0.25, 0.3) is 0 Å². The van der Waals surface area contributed by atoms with Gasteiger partial charge >= 0.3 is 6.09 Å². The number of alkyl carbamates (subject to hydrolysis) is 1. The van der Waals surface area contributed by atoms with Crippen LogP contribution in [0, 0.1) is 0 Å². The molecule has 1 amide bonds. The average molecular weight is 296 g/mol. The Morgan fingerprint density at radius 1 is 1.25 bits per heavy atom. The fourth-order valence-electron chi connectivity index (χ4n) is 1.57. The van der Waals surface area contributed by atoms with Crippen molar-refractivity contribution in [3.8, 4) is 0 Å². The highest BCUT2D eigenvalue weighted by Crippen LogP contribution is 2.26. The molecule has 0 aromatic heterocycles. The molecule has 0 spiro atoms. The molecular weight excluding hydrogens is 272 g/mol. The minimum Gasteiger partial charge on any atom is -0.444 e. The summed E-state index contributed by atoms with van der Waals surface area (Å²) >= 11 is 1.80. The van der Waals surface area contributed by atoms with Crippen LogP contribution in [0.25, 0.3) is 0 Å². The van der Waals surface area contributed by atoms with Crippen LogP contribution >= 0.6 is 11.8 Å². The number of hydrogen-bond acceptors (Lipinski definition) is 4. The van der Waals surface area contributed by atoms with Crippen molar-refractivity contribution in [3.05, 3.63) is 24.3 Å². The smallest absolute Gasteiger partial charge is 0.407 e. The highest BCUT2D eigenvalue weighted by atomic mass is 32.2. The van der Waals surface area contributed by atoms with Gasteiger partial charge in [-0.25, -0.2) is 4.79 Å². The number of nitrogens with one attached hydrogen (secondary N) is 2. The predicted molar refractivity (Wildman–Crippen MR) is 85.6 cm³/mol.